The highest BCUT2D eigenvalue weighted by Gasteiger charge is 2.17. The summed E-state index contributed by atoms with van der Waals surface area (Å²) in [7, 11) is 4.15. The Hall–Kier alpha value is -0.160. The van der Waals surface area contributed by atoms with Crippen LogP contribution >= 0.6 is 0 Å². The number of nitrogens with one attached hydrogen (secondary N) is 1. The van der Waals surface area contributed by atoms with Gasteiger partial charge in [0.1, 0.15) is 6.10 Å². The monoisotopic (exact) mass is 188 g/mol. The van der Waals surface area contributed by atoms with E-state index < -0.39 is 0 Å². The Morgan fingerprint density at radius 3 is 2.69 bits per heavy atom. The molecule has 4 nitrogen and oxygen atoms in total. The van der Waals surface area contributed by atoms with Gasteiger partial charge in [-0.15, -0.1) is 0 Å². The zero-order valence-electron chi connectivity index (χ0n) is 8.58. The third-order valence-corrected chi connectivity index (χ3v) is 1.98. The lowest BCUT2D eigenvalue weighted by atomic mass is 10.3. The lowest BCUT2D eigenvalue weighted by molar-refractivity contribution is -0.128. The first-order valence-electron chi connectivity index (χ1n) is 4.84. The minimum Gasteiger partial charge on any atom is -0.376 e. The summed E-state index contributed by atoms with van der Waals surface area (Å²) in [4.78, 5) is 2.16. The molecule has 0 aromatic heterocycles. The van der Waals surface area contributed by atoms with E-state index in [1.165, 1.54) is 0 Å². The molecule has 0 aromatic rings. The second-order valence-corrected chi connectivity index (χ2v) is 3.58. The molecule has 1 aliphatic rings. The van der Waals surface area contributed by atoms with E-state index in [2.05, 4.69) is 24.3 Å². The summed E-state index contributed by atoms with van der Waals surface area (Å²) in [6, 6.07) is 0. The van der Waals surface area contributed by atoms with E-state index >= 15 is 0 Å². The van der Waals surface area contributed by atoms with Crippen LogP contribution in [0.5, 0.6) is 0 Å². The molecule has 0 unspecified atom stereocenters. The van der Waals surface area contributed by atoms with E-state index in [-0.39, 0.29) is 0 Å². The van der Waals surface area contributed by atoms with Gasteiger partial charge in [0.25, 0.3) is 0 Å². The van der Waals surface area contributed by atoms with Crippen LogP contribution in [-0.4, -0.2) is 64.6 Å². The van der Waals surface area contributed by atoms with Crippen molar-refractivity contribution in [1.82, 2.24) is 10.2 Å². The lowest BCUT2D eigenvalue weighted by Crippen LogP contribution is -2.38. The molecule has 1 rings (SSSR count). The normalized spacial score (nSPS) is 17.8. The van der Waals surface area contributed by atoms with Crippen molar-refractivity contribution < 1.29 is 9.47 Å². The van der Waals surface area contributed by atoms with Crippen molar-refractivity contribution in [2.75, 3.05) is 53.6 Å². The SMILES string of the molecule is CN(C)CCNCCOC1COC1. The van der Waals surface area contributed by atoms with Crippen molar-refractivity contribution in [1.29, 1.82) is 0 Å². The largest absolute Gasteiger partial charge is 0.376 e. The predicted molar refractivity (Wildman–Crippen MR) is 52.0 cm³/mol. The number of hydrogen-bond acceptors (Lipinski definition) is 4. The zero-order chi connectivity index (χ0) is 9.52. The van der Waals surface area contributed by atoms with Gasteiger partial charge in [-0.2, -0.15) is 0 Å². The lowest BCUT2D eigenvalue weighted by Gasteiger charge is -2.26. The van der Waals surface area contributed by atoms with Gasteiger partial charge in [0.05, 0.1) is 19.8 Å². The van der Waals surface area contributed by atoms with Crippen LogP contribution in [-0.2, 0) is 9.47 Å². The second kappa shape index (κ2) is 6.32. The summed E-state index contributed by atoms with van der Waals surface area (Å²) < 4.78 is 10.5. The number of nitrogens with zero attached hydrogens (tertiary/aromatic N) is 1. The molecule has 0 amide bonds. The fourth-order valence-corrected chi connectivity index (χ4v) is 1.04. The Morgan fingerprint density at radius 2 is 2.15 bits per heavy atom. The summed E-state index contributed by atoms with van der Waals surface area (Å²) in [6.45, 7) is 5.38. The van der Waals surface area contributed by atoms with Gasteiger partial charge in [0.15, 0.2) is 0 Å². The van der Waals surface area contributed by atoms with Crippen molar-refractivity contribution in [3.05, 3.63) is 0 Å². The van der Waals surface area contributed by atoms with Crippen LogP contribution in [0.1, 0.15) is 0 Å². The molecular weight excluding hydrogens is 168 g/mol. The molecule has 4 heteroatoms. The van der Waals surface area contributed by atoms with Gasteiger partial charge in [-0.05, 0) is 14.1 Å². The van der Waals surface area contributed by atoms with Gasteiger partial charge in [0, 0.05) is 19.6 Å². The Kier molecular flexibility index (Phi) is 5.31. The van der Waals surface area contributed by atoms with Crippen LogP contribution in [0, 0.1) is 0 Å². The van der Waals surface area contributed by atoms with Crippen LogP contribution in [0.15, 0.2) is 0 Å². The Balaban J connectivity index is 1.73. The molecule has 0 radical (unpaired) electrons. The fourth-order valence-electron chi connectivity index (χ4n) is 1.04. The van der Waals surface area contributed by atoms with Crippen LogP contribution in [0.4, 0.5) is 0 Å². The van der Waals surface area contributed by atoms with Crippen molar-refractivity contribution in [3.8, 4) is 0 Å². The summed E-state index contributed by atoms with van der Waals surface area (Å²) in [5, 5.41) is 3.31. The summed E-state index contributed by atoms with van der Waals surface area (Å²) in [6.07, 6.45) is 0.357. The van der Waals surface area contributed by atoms with E-state index in [9.17, 15) is 0 Å². The zero-order valence-corrected chi connectivity index (χ0v) is 8.58. The molecule has 78 valence electrons. The molecule has 1 heterocycles. The standard InChI is InChI=1S/C9H20N2O2/c1-11(2)5-3-10-4-6-13-9-7-12-8-9/h9-10H,3-8H2,1-2H3. The molecule has 13 heavy (non-hydrogen) atoms. The van der Waals surface area contributed by atoms with Gasteiger partial charge in [-0.3, -0.25) is 0 Å². The molecule has 0 atom stereocenters. The van der Waals surface area contributed by atoms with Crippen molar-refractivity contribution in [2.45, 2.75) is 6.10 Å². The van der Waals surface area contributed by atoms with E-state index in [1.54, 1.807) is 0 Å². The second-order valence-electron chi connectivity index (χ2n) is 3.58. The van der Waals surface area contributed by atoms with E-state index in [4.69, 9.17) is 9.47 Å². The number of rotatable bonds is 7. The number of hydrogen-bond donors (Lipinski definition) is 1. The van der Waals surface area contributed by atoms with Crippen LogP contribution in [0.2, 0.25) is 0 Å². The van der Waals surface area contributed by atoms with Gasteiger partial charge in [-0.1, -0.05) is 0 Å². The smallest absolute Gasteiger partial charge is 0.104 e. The number of likely N-dealkylation sites (N-methyl/N-ethyl adjacent to an activating group) is 1. The van der Waals surface area contributed by atoms with E-state index in [0.717, 1.165) is 39.5 Å². The highest BCUT2D eigenvalue weighted by molar-refractivity contribution is 4.64. The third kappa shape index (κ3) is 5.21. The minimum absolute atomic E-state index is 0.357. The molecule has 1 aliphatic heterocycles. The molecule has 0 spiro atoms. The molecule has 0 aliphatic carbocycles. The van der Waals surface area contributed by atoms with Crippen LogP contribution in [0.3, 0.4) is 0 Å². The van der Waals surface area contributed by atoms with Crippen molar-refractivity contribution in [3.63, 3.8) is 0 Å². The summed E-state index contributed by atoms with van der Waals surface area (Å²) in [5.74, 6) is 0. The predicted octanol–water partition coefficient (Wildman–Crippen LogP) is -0.447. The maximum Gasteiger partial charge on any atom is 0.104 e. The van der Waals surface area contributed by atoms with Gasteiger partial charge < -0.3 is 19.7 Å². The van der Waals surface area contributed by atoms with Crippen molar-refractivity contribution >= 4 is 0 Å². The van der Waals surface area contributed by atoms with Gasteiger partial charge in [-0.25, -0.2) is 0 Å². The van der Waals surface area contributed by atoms with E-state index in [0.29, 0.717) is 6.10 Å². The first-order chi connectivity index (χ1) is 6.29. The van der Waals surface area contributed by atoms with E-state index in [1.807, 2.05) is 0 Å². The molecule has 1 saturated heterocycles. The summed E-state index contributed by atoms with van der Waals surface area (Å²) in [5.41, 5.74) is 0. The maximum absolute atomic E-state index is 5.48. The van der Waals surface area contributed by atoms with Gasteiger partial charge >= 0.3 is 0 Å². The van der Waals surface area contributed by atoms with Crippen molar-refractivity contribution in [2.24, 2.45) is 0 Å². The Morgan fingerprint density at radius 1 is 1.38 bits per heavy atom. The highest BCUT2D eigenvalue weighted by atomic mass is 16.6. The highest BCUT2D eigenvalue weighted by Crippen LogP contribution is 2.03. The average molecular weight is 188 g/mol. The third-order valence-electron chi connectivity index (χ3n) is 1.98. The average Bonchev–Trinajstić information content (AvgIpc) is 1.99. The van der Waals surface area contributed by atoms with Crippen LogP contribution < -0.4 is 5.32 Å². The number of ether oxygens (including phenoxy) is 2. The first kappa shape index (κ1) is 10.9. The minimum atomic E-state index is 0.357. The first-order valence-corrected chi connectivity index (χ1v) is 4.84. The molecule has 0 saturated carbocycles. The van der Waals surface area contributed by atoms with Crippen LogP contribution in [0.25, 0.3) is 0 Å². The molecule has 1 fully saturated rings. The molecule has 1 N–H and O–H groups in total. The molecule has 0 bridgehead atoms. The maximum atomic E-state index is 5.48. The summed E-state index contributed by atoms with van der Waals surface area (Å²) >= 11 is 0. The quantitative estimate of drug-likeness (QED) is 0.549. The Bertz CT molecular complexity index is 127. The Labute approximate surface area is 80.2 Å². The molecule has 0 aromatic carbocycles. The molecular formula is C9H20N2O2. The topological polar surface area (TPSA) is 33.7 Å². The fraction of sp³-hybridized carbons (Fsp3) is 1.00. The van der Waals surface area contributed by atoms with Gasteiger partial charge in [0.2, 0.25) is 0 Å².